The summed E-state index contributed by atoms with van der Waals surface area (Å²) < 4.78 is 55.7. The van der Waals surface area contributed by atoms with E-state index in [2.05, 4.69) is 327 Å². The van der Waals surface area contributed by atoms with E-state index in [-0.39, 0.29) is 54.1 Å². The number of nitrogen functional groups attached to an aromatic ring is 4. The fourth-order valence-electron chi connectivity index (χ4n) is 17.9. The molecule has 4 aliphatic rings. The molecule has 0 spiro atoms. The van der Waals surface area contributed by atoms with Crippen molar-refractivity contribution in [1.82, 2.24) is 78.1 Å². The first kappa shape index (κ1) is 111. The largest absolute Gasteiger partial charge is 1.00 e. The Morgan fingerprint density at radius 2 is 0.718 bits per heavy atom. The number of para-hydroxylation sites is 4. The van der Waals surface area contributed by atoms with Crippen LogP contribution < -0.4 is 68.4 Å². The average Bonchev–Trinajstić information content (AvgIpc) is 1.59. The van der Waals surface area contributed by atoms with Crippen LogP contribution in [0, 0.1) is 0 Å². The molecule has 3 unspecified atom stereocenters. The van der Waals surface area contributed by atoms with Crippen molar-refractivity contribution in [3.63, 3.8) is 0 Å². The minimum Gasteiger partial charge on any atom is -0.383 e. The maximum Gasteiger partial charge on any atom is 1.00 e. The van der Waals surface area contributed by atoms with Gasteiger partial charge in [0.1, 0.15) is 71.2 Å². The molecule has 0 saturated carbocycles. The second-order valence-corrected chi connectivity index (χ2v) is 74.3. The molecule has 0 radical (unpaired) electrons. The van der Waals surface area contributed by atoms with Gasteiger partial charge in [0.05, 0.1) is 87.5 Å². The zero-order valence-electron chi connectivity index (χ0n) is 76.9. The van der Waals surface area contributed by atoms with E-state index in [1.165, 1.54) is 58.3 Å². The number of aliphatic hydroxyl groups excluding tert-OH is 1. The van der Waals surface area contributed by atoms with Gasteiger partial charge in [0, 0.05) is 142 Å². The normalized spacial score (nSPS) is 14.2. The van der Waals surface area contributed by atoms with E-state index in [0.29, 0.717) is 61.4 Å². The van der Waals surface area contributed by atoms with Crippen LogP contribution in [-0.2, 0) is 80.1 Å². The van der Waals surface area contributed by atoms with Crippen LogP contribution in [0.3, 0.4) is 0 Å². The first-order chi connectivity index (χ1) is 67.8. The summed E-state index contributed by atoms with van der Waals surface area (Å²) in [6.45, 7) is 2.50. The van der Waals surface area contributed by atoms with Crippen molar-refractivity contribution in [2.75, 3.05) is 45.3 Å². The first-order valence-corrected chi connectivity index (χ1v) is 67.4. The third-order valence-electron chi connectivity index (χ3n) is 23.3. The number of rotatable bonds is 10. The fraction of sp³-hybridized carbons (Fsp3) is 0.212. The molecule has 43 heteroatoms. The number of nitrogens with two attached hydrogens (primary N) is 4. The summed E-state index contributed by atoms with van der Waals surface area (Å²) in [5, 5.41) is 25.9. The van der Waals surface area contributed by atoms with Crippen molar-refractivity contribution in [2.24, 2.45) is 5.11 Å². The smallest absolute Gasteiger partial charge is 0.383 e. The topological polar surface area (TPSA) is 484 Å². The Morgan fingerprint density at radius 3 is 1.05 bits per heavy atom. The van der Waals surface area contributed by atoms with E-state index >= 15 is 0 Å². The second kappa shape index (κ2) is 52.3. The molecule has 4 aliphatic heterocycles. The Morgan fingerprint density at radius 1 is 0.430 bits per heavy atom. The number of aromatic nitrogens is 16. The van der Waals surface area contributed by atoms with Crippen LogP contribution in [0.5, 0.6) is 0 Å². The summed E-state index contributed by atoms with van der Waals surface area (Å²) in [6, 6.07) is 73.0. The molecule has 0 bridgehead atoms. The molecule has 3 atom stereocenters. The Bertz CT molecular complexity index is 7880. The van der Waals surface area contributed by atoms with E-state index in [0.717, 1.165) is 195 Å². The van der Waals surface area contributed by atoms with Crippen LogP contribution in [0.4, 0.5) is 23.3 Å². The molecule has 0 amide bonds. The Hall–Kier alpha value is -9.75. The third-order valence-corrected chi connectivity index (χ3v) is 26.4. The Balaban J connectivity index is 0.000000153. The van der Waals surface area contributed by atoms with Gasteiger partial charge in [-0.3, -0.25) is 29.0 Å². The molecule has 32 nitrogen and oxygen atoms in total. The summed E-state index contributed by atoms with van der Waals surface area (Å²) in [6.07, 6.45) is 22.4. The van der Waals surface area contributed by atoms with Gasteiger partial charge in [-0.05, 0) is 146 Å². The van der Waals surface area contributed by atoms with Crippen LogP contribution in [0.2, 0.25) is 0 Å². The van der Waals surface area contributed by atoms with Gasteiger partial charge in [0.2, 0.25) is 9.05 Å². The van der Waals surface area contributed by atoms with Gasteiger partial charge in [-0.25, -0.2) is 48.3 Å². The number of halogens is 6. The number of fused-ring (bicyclic) bond motifs is 16. The standard InChI is InChI=1S/C20H19N5O3S.C19H16N8.C19H17N5O.C19H17N5.C18H15P.CH3ClO2S.2CH3I.CH4.3HI.N3.Na.V/c1-29(26,27)28-14-6-7-16-17(13-8-12-4-2-3-5-15(12)22-9-13)18-19(21)23-11-24-20(18)25(16)10-14;20-18-17-16(12-7-11-3-1-2-4-14(11)22-8-12)15-6-5-13(25-26-21)9-27(15)19(17)24-10-23-18;20-18-17-16(12-7-11-3-1-2-4-14(11)21-8-12)15-6-5-13(25)9-24(15)19(17)23-10-22-18;20-18-17-16(13-9-12-5-1-2-6-14(12)21-10-13)15-7-3-4-8-24(15)19(17)23-11-22-18;1-4-10-16(11-5-1)19(17-12-6-2-7-13-17)18-14-8-3-9-15-18;1-5(2,3)4;2*1-2;;;;;1-3-2;;/h2-5,8-9,11,14H,6-7,10H2,1H3,(H2,21,23,24);1-4,7-8,10,13H,5-6,9H2,(H2,20,23,24);1-4,7-8,10,13,25H,5-6,9H2,(H2,20,22,23);1-2,5-6,9-11H,3-4,7-8H2,(H2,20,22,23);1-15H;1H3;2*1H3;1H4;3*1H;;;/q;;;;;;;;;;;;-1;+1;+3/p-3. The van der Waals surface area contributed by atoms with E-state index < -0.39 is 33.2 Å². The number of pyridine rings is 4. The van der Waals surface area contributed by atoms with Crippen LogP contribution in [0.25, 0.3) is 159 Å². The number of hydrogen-bond donors (Lipinski definition) is 5. The molecule has 724 valence electrons. The SMILES string of the molecule is C.CI.CI.CS(=O)(=O)Cl.CS(=O)(=O)OC1CCc2c(-c3cnc4ccccc4c3)c3c(N)ncnc3n2C1.Nc1ncnc2c1c(-c1cnc3ccccc3c1)c1n2CC(O)CC1.Nc1ncnc2c1c(-c1cnc3ccccc3c1)c1n2CCCC1.[I][V]([I])[I].[N-]=[N+]=NC1CCc2c(-c3cnc4ccccc4c3)c3c(N)ncnc3n2C1.[N-]=[N+]=[N-].[Na+].c1ccc(P(c2ccccc2)c2ccccc2)cc1. The van der Waals surface area contributed by atoms with Crippen molar-refractivity contribution in [1.29, 1.82) is 0 Å². The predicted molar refractivity (Wildman–Crippen MR) is 612 cm³/mol. The fourth-order valence-corrected chi connectivity index (χ4v) is 20.9. The van der Waals surface area contributed by atoms with Crippen LogP contribution in [0.15, 0.2) is 268 Å². The maximum atomic E-state index is 11.6. The number of aliphatic hydroxyl groups is 1. The van der Waals surface area contributed by atoms with Crippen LogP contribution in [-0.4, -0.2) is 141 Å². The quantitative estimate of drug-likeness (QED) is 0.00977. The molecule has 9 N–H and O–H groups in total. The third kappa shape index (κ3) is 26.9. The summed E-state index contributed by atoms with van der Waals surface area (Å²) in [7, 11) is -2.68. The number of aryl methyl sites for hydroxylation is 1. The number of alkyl halides is 2. The van der Waals surface area contributed by atoms with Gasteiger partial charge in [-0.1, -0.05) is 222 Å². The summed E-state index contributed by atoms with van der Waals surface area (Å²) in [5.41, 5.74) is 67.1. The summed E-state index contributed by atoms with van der Waals surface area (Å²) in [5.74, 6) is 1.85. The molecule has 12 aromatic heterocycles. The Labute approximate surface area is 913 Å². The van der Waals surface area contributed by atoms with E-state index in [1.807, 2.05) is 124 Å². The molecule has 23 rings (SSSR count). The number of azide groups is 1. The monoisotopic (exact) mass is 2580 g/mol. The van der Waals surface area contributed by atoms with Crippen molar-refractivity contribution in [2.45, 2.75) is 110 Å². The Kier molecular flexibility index (Phi) is 40.9. The number of nitrogens with zero attached hydrogens (tertiary/aromatic N) is 22. The van der Waals surface area contributed by atoms with Gasteiger partial charge in [-0.2, -0.15) is 8.42 Å². The van der Waals surface area contributed by atoms with Gasteiger partial charge < -0.3 is 57.4 Å². The molecule has 0 fully saturated rings. The van der Waals surface area contributed by atoms with Crippen molar-refractivity contribution in [3.8, 4) is 44.5 Å². The van der Waals surface area contributed by atoms with E-state index in [9.17, 15) is 21.9 Å². The summed E-state index contributed by atoms with van der Waals surface area (Å²) in [4.78, 5) is 61.2. The average molecular weight is 2590 g/mol. The van der Waals surface area contributed by atoms with Gasteiger partial charge in [0.15, 0.2) is 0 Å². The molecule has 0 aliphatic carbocycles. The minimum absolute atomic E-state index is 0. The first-order valence-electron chi connectivity index (χ1n) is 43.6. The number of benzene rings is 7. The predicted octanol–water partition coefficient (Wildman–Crippen LogP) is 19.4. The summed E-state index contributed by atoms with van der Waals surface area (Å²) >= 11 is 11.7. The molecule has 19 aromatic rings. The van der Waals surface area contributed by atoms with Gasteiger partial charge in [0.25, 0.3) is 10.1 Å². The number of hydrogen-bond acceptors (Lipinski definition) is 23. The maximum absolute atomic E-state index is 11.6. The second-order valence-electron chi connectivity index (χ2n) is 32.1. The minimum atomic E-state index is -3.54. The molecule has 7 aromatic carbocycles. The van der Waals surface area contributed by atoms with E-state index in [1.54, 1.807) is 6.33 Å². The molecular formula is C99H97ClI5N26NaO6PS2V. The molecule has 0 saturated heterocycles. The van der Waals surface area contributed by atoms with Crippen molar-refractivity contribution < 1.29 is 60.6 Å². The van der Waals surface area contributed by atoms with E-state index in [4.69, 9.17) is 43.7 Å². The molecule has 142 heavy (non-hydrogen) atoms. The van der Waals surface area contributed by atoms with Crippen LogP contribution >= 0.6 is 124 Å². The number of anilines is 4. The van der Waals surface area contributed by atoms with Crippen molar-refractivity contribution in [3.05, 3.63) is 312 Å². The van der Waals surface area contributed by atoms with Gasteiger partial charge >= 0.3 is 94.4 Å². The molecular weight excluding hydrogens is 2490 g/mol. The van der Waals surface area contributed by atoms with Gasteiger partial charge in [-0.15, -0.1) is 0 Å². The zero-order valence-corrected chi connectivity index (χ0v) is 94.3. The van der Waals surface area contributed by atoms with Crippen molar-refractivity contribution >= 4 is 270 Å². The molecule has 16 heterocycles. The zero-order chi connectivity index (χ0) is 99.3. The van der Waals surface area contributed by atoms with Crippen LogP contribution in [0.1, 0.15) is 62.3 Å².